The number of benzene rings is 3. The van der Waals surface area contributed by atoms with Crippen LogP contribution in [0.3, 0.4) is 0 Å². The molecule has 45 heavy (non-hydrogen) atoms. The van der Waals surface area contributed by atoms with Gasteiger partial charge in [-0.25, -0.2) is 14.4 Å². The second-order valence-electron chi connectivity index (χ2n) is 14.4. The zero-order valence-corrected chi connectivity index (χ0v) is 25.3. The molecule has 2 bridgehead atoms. The molecule has 2 unspecified atom stereocenters. The molecule has 7 heteroatoms. The minimum atomic E-state index is -1.66. The number of alkyl halides is 1. The van der Waals surface area contributed by atoms with Crippen LogP contribution < -0.4 is 10.6 Å². The lowest BCUT2D eigenvalue weighted by molar-refractivity contribution is 0.233. The third kappa shape index (κ3) is 3.93. The zero-order chi connectivity index (χ0) is 29.9. The van der Waals surface area contributed by atoms with Crippen LogP contribution in [0.2, 0.25) is 0 Å². The average Bonchev–Trinajstić information content (AvgIpc) is 3.72. The number of hydrogen-bond acceptors (Lipinski definition) is 4. The van der Waals surface area contributed by atoms with E-state index in [2.05, 4.69) is 69.6 Å². The van der Waals surface area contributed by atoms with E-state index in [1.165, 1.54) is 32.1 Å². The molecular formula is C38H37FN6. The highest BCUT2D eigenvalue weighted by Gasteiger charge is 2.49. The van der Waals surface area contributed by atoms with Crippen LogP contribution in [0.15, 0.2) is 73.4 Å². The maximum absolute atomic E-state index is 17.4. The smallest absolute Gasteiger partial charge is 0.165 e. The first-order chi connectivity index (χ1) is 22.0. The lowest BCUT2D eigenvalue weighted by Gasteiger charge is -2.22. The summed E-state index contributed by atoms with van der Waals surface area (Å²) in [5.74, 6) is 2.69. The van der Waals surface area contributed by atoms with E-state index in [9.17, 15) is 0 Å². The van der Waals surface area contributed by atoms with Crippen LogP contribution in [0.1, 0.15) is 79.8 Å². The monoisotopic (exact) mass is 596 g/mol. The van der Waals surface area contributed by atoms with Crippen molar-refractivity contribution >= 4 is 11.0 Å². The van der Waals surface area contributed by atoms with E-state index in [0.717, 1.165) is 69.2 Å². The highest BCUT2D eigenvalue weighted by atomic mass is 19.1. The van der Waals surface area contributed by atoms with Gasteiger partial charge in [0.1, 0.15) is 11.6 Å². The molecule has 4 heterocycles. The summed E-state index contributed by atoms with van der Waals surface area (Å²) in [6, 6.07) is 20.0. The molecule has 2 aliphatic heterocycles. The average molecular weight is 597 g/mol. The third-order valence-corrected chi connectivity index (χ3v) is 11.7. The fourth-order valence-corrected chi connectivity index (χ4v) is 8.97. The van der Waals surface area contributed by atoms with Gasteiger partial charge in [-0.3, -0.25) is 0 Å². The van der Waals surface area contributed by atoms with E-state index in [4.69, 9.17) is 9.97 Å². The number of allylic oxidation sites excluding steroid dienone is 1. The number of nitrogens with zero attached hydrogens (tertiary/aromatic N) is 2. The number of aromatic amines is 2. The topological polar surface area (TPSA) is 81.4 Å². The SMILES string of the molecule is C=CCC1(F)c2cc(-c3ccc4nc([C@H]5NC6CC[C@H]5C6)[nH]c4c3)ccc2-c2ccc(-c3cnc([C@@H]4CC5(CC5)CN4)[nH]3)cc21. The molecule has 226 valence electrons. The number of H-pyrrole nitrogens is 2. The van der Waals surface area contributed by atoms with Gasteiger partial charge < -0.3 is 20.6 Å². The van der Waals surface area contributed by atoms with Gasteiger partial charge in [0, 0.05) is 30.1 Å². The molecule has 5 aromatic rings. The van der Waals surface area contributed by atoms with E-state index in [0.29, 0.717) is 34.5 Å². The Kier molecular flexibility index (Phi) is 5.37. The number of piperidine rings is 1. The first-order valence-electron chi connectivity index (χ1n) is 16.6. The molecule has 6 nitrogen and oxygen atoms in total. The fraction of sp³-hybridized carbons (Fsp3) is 0.368. The largest absolute Gasteiger partial charge is 0.341 e. The van der Waals surface area contributed by atoms with Crippen molar-refractivity contribution < 1.29 is 4.39 Å². The molecule has 5 atom stereocenters. The van der Waals surface area contributed by atoms with Gasteiger partial charge in [-0.15, -0.1) is 6.58 Å². The molecule has 0 radical (unpaired) electrons. The molecule has 3 aromatic carbocycles. The Hall–Kier alpha value is -4.07. The van der Waals surface area contributed by atoms with Gasteiger partial charge in [0.05, 0.1) is 35.0 Å². The molecule has 2 saturated heterocycles. The molecule has 0 amide bonds. The van der Waals surface area contributed by atoms with Crippen molar-refractivity contribution in [3.05, 3.63) is 96.2 Å². The lowest BCUT2D eigenvalue weighted by atomic mass is 9.88. The van der Waals surface area contributed by atoms with E-state index in [-0.39, 0.29) is 12.5 Å². The van der Waals surface area contributed by atoms with Crippen molar-refractivity contribution in [2.45, 2.75) is 68.7 Å². The van der Waals surface area contributed by atoms with Crippen LogP contribution in [-0.2, 0) is 5.67 Å². The van der Waals surface area contributed by atoms with Crippen molar-refractivity contribution in [3.63, 3.8) is 0 Å². The quantitative estimate of drug-likeness (QED) is 0.150. The van der Waals surface area contributed by atoms with Crippen LogP contribution in [0, 0.1) is 11.3 Å². The molecular weight excluding hydrogens is 559 g/mol. The minimum Gasteiger partial charge on any atom is -0.341 e. The fourth-order valence-electron chi connectivity index (χ4n) is 8.97. The first kappa shape index (κ1) is 26.2. The molecule has 2 saturated carbocycles. The molecule has 4 fully saturated rings. The number of nitrogens with one attached hydrogen (secondary N) is 4. The third-order valence-electron chi connectivity index (χ3n) is 11.7. The van der Waals surface area contributed by atoms with Crippen LogP contribution in [0.25, 0.3) is 44.5 Å². The normalized spacial score (nSPS) is 28.6. The number of fused-ring (bicyclic) bond motifs is 6. The number of imidazole rings is 2. The summed E-state index contributed by atoms with van der Waals surface area (Å²) in [5.41, 5.74) is 8.08. The van der Waals surface area contributed by atoms with E-state index >= 15 is 4.39 Å². The first-order valence-corrected chi connectivity index (χ1v) is 16.6. The number of aromatic nitrogens is 4. The minimum absolute atomic E-state index is 0.210. The van der Waals surface area contributed by atoms with Crippen LogP contribution >= 0.6 is 0 Å². The van der Waals surface area contributed by atoms with Crippen LogP contribution in [0.4, 0.5) is 4.39 Å². The maximum Gasteiger partial charge on any atom is 0.165 e. The highest BCUT2D eigenvalue weighted by molar-refractivity contribution is 5.87. The van der Waals surface area contributed by atoms with Crippen LogP contribution in [-0.4, -0.2) is 32.5 Å². The molecule has 10 rings (SSSR count). The number of rotatable bonds is 6. The maximum atomic E-state index is 17.4. The molecule has 4 N–H and O–H groups in total. The second-order valence-corrected chi connectivity index (χ2v) is 14.4. The van der Waals surface area contributed by atoms with Crippen molar-refractivity contribution in [2.24, 2.45) is 11.3 Å². The highest BCUT2D eigenvalue weighted by Crippen LogP contribution is 2.55. The lowest BCUT2D eigenvalue weighted by Crippen LogP contribution is -2.29. The van der Waals surface area contributed by atoms with E-state index in [1.54, 1.807) is 6.08 Å². The Bertz CT molecular complexity index is 2020. The summed E-state index contributed by atoms with van der Waals surface area (Å²) in [6.07, 6.45) is 11.4. The summed E-state index contributed by atoms with van der Waals surface area (Å²) in [7, 11) is 0. The van der Waals surface area contributed by atoms with Crippen molar-refractivity contribution in [3.8, 4) is 33.5 Å². The van der Waals surface area contributed by atoms with Gasteiger partial charge in [0.25, 0.3) is 0 Å². The Morgan fingerprint density at radius 1 is 0.911 bits per heavy atom. The van der Waals surface area contributed by atoms with Gasteiger partial charge >= 0.3 is 0 Å². The van der Waals surface area contributed by atoms with Gasteiger partial charge in [-0.2, -0.15) is 0 Å². The van der Waals surface area contributed by atoms with Crippen LogP contribution in [0.5, 0.6) is 0 Å². The summed E-state index contributed by atoms with van der Waals surface area (Å²) in [6.45, 7) is 5.02. The Morgan fingerprint density at radius 3 is 2.42 bits per heavy atom. The van der Waals surface area contributed by atoms with Gasteiger partial charge in [-0.05, 0) is 102 Å². The Morgan fingerprint density at radius 2 is 1.69 bits per heavy atom. The van der Waals surface area contributed by atoms with Crippen molar-refractivity contribution in [1.82, 2.24) is 30.6 Å². The van der Waals surface area contributed by atoms with Crippen molar-refractivity contribution in [2.75, 3.05) is 6.54 Å². The molecule has 5 aliphatic rings. The molecule has 3 aliphatic carbocycles. The van der Waals surface area contributed by atoms with Gasteiger partial charge in [0.15, 0.2) is 5.67 Å². The zero-order valence-electron chi connectivity index (χ0n) is 25.3. The van der Waals surface area contributed by atoms with Gasteiger partial charge in [-0.1, -0.05) is 36.4 Å². The summed E-state index contributed by atoms with van der Waals surface area (Å²) in [4.78, 5) is 16.8. The molecule has 1 spiro atoms. The summed E-state index contributed by atoms with van der Waals surface area (Å²) in [5, 5.41) is 7.40. The Labute approximate surface area is 262 Å². The standard InChI is InChI=1S/C38H37FN6/c1-2-11-38(39)28-15-21(22-6-10-30-31(17-22)44-36(43-30)34-24-3-7-25(14-24)42-34)4-8-26(28)27-9-5-23(16-29(27)38)33-19-40-35(45-33)32-18-37(12-13-37)20-41-32/h2,4-6,8-10,15-17,19,24-25,32,34,41-42H,1,3,7,11-14,18,20H2,(H,40,45)(H,43,44)/t24-,25?,32-,34-,38?/m0/s1. The van der Waals surface area contributed by atoms with E-state index in [1.807, 2.05) is 18.3 Å². The summed E-state index contributed by atoms with van der Waals surface area (Å²) < 4.78 is 17.4. The predicted molar refractivity (Wildman–Crippen MR) is 175 cm³/mol. The summed E-state index contributed by atoms with van der Waals surface area (Å²) >= 11 is 0. The van der Waals surface area contributed by atoms with E-state index < -0.39 is 5.67 Å². The Balaban J connectivity index is 0.983. The molecule has 2 aromatic heterocycles. The van der Waals surface area contributed by atoms with Crippen molar-refractivity contribution in [1.29, 1.82) is 0 Å². The second kappa shape index (κ2) is 9.24. The number of hydrogen-bond donors (Lipinski definition) is 4. The number of halogens is 1. The predicted octanol–water partition coefficient (Wildman–Crippen LogP) is 8.02. The van der Waals surface area contributed by atoms with Gasteiger partial charge in [0.2, 0.25) is 0 Å².